The SMILES string of the molecule is CC#CC(=O)N1CC[C@]2(C1)C[C@H](n1nc(-c3ccc(CO)cc3)c(C(N)=O)c1N)C2. The van der Waals surface area contributed by atoms with E-state index >= 15 is 0 Å². The highest BCUT2D eigenvalue weighted by Crippen LogP contribution is 2.54. The van der Waals surface area contributed by atoms with Crippen LogP contribution in [0.15, 0.2) is 24.3 Å². The molecule has 1 saturated heterocycles. The van der Waals surface area contributed by atoms with Crippen LogP contribution in [0.1, 0.15) is 48.1 Å². The Morgan fingerprint density at radius 1 is 1.30 bits per heavy atom. The highest BCUT2D eigenvalue weighted by atomic mass is 16.3. The van der Waals surface area contributed by atoms with Gasteiger partial charge in [-0.3, -0.25) is 9.59 Å². The summed E-state index contributed by atoms with van der Waals surface area (Å²) in [6.45, 7) is 3.00. The van der Waals surface area contributed by atoms with E-state index in [-0.39, 0.29) is 35.4 Å². The minimum atomic E-state index is -0.621. The molecule has 1 saturated carbocycles. The van der Waals surface area contributed by atoms with Crippen molar-refractivity contribution in [2.24, 2.45) is 11.1 Å². The predicted molar refractivity (Wildman–Crippen MR) is 112 cm³/mol. The van der Waals surface area contributed by atoms with Gasteiger partial charge in [0.05, 0.1) is 12.6 Å². The second-order valence-electron chi connectivity index (χ2n) is 8.19. The van der Waals surface area contributed by atoms with Gasteiger partial charge in [0.1, 0.15) is 17.1 Å². The highest BCUT2D eigenvalue weighted by molar-refractivity contribution is 6.03. The molecule has 156 valence electrons. The summed E-state index contributed by atoms with van der Waals surface area (Å²) >= 11 is 0. The van der Waals surface area contributed by atoms with Crippen LogP contribution in [0.3, 0.4) is 0 Å². The van der Waals surface area contributed by atoms with E-state index in [1.54, 1.807) is 35.9 Å². The van der Waals surface area contributed by atoms with E-state index in [1.807, 2.05) is 4.90 Å². The molecule has 5 N–H and O–H groups in total. The number of hydrogen-bond acceptors (Lipinski definition) is 5. The third-order valence-electron chi connectivity index (χ3n) is 6.24. The summed E-state index contributed by atoms with van der Waals surface area (Å²) in [6.07, 6.45) is 2.60. The van der Waals surface area contributed by atoms with Gasteiger partial charge in [0.2, 0.25) is 0 Å². The Kier molecular flexibility index (Phi) is 5.00. The minimum absolute atomic E-state index is 0.0564. The lowest BCUT2D eigenvalue weighted by Crippen LogP contribution is -2.42. The molecule has 1 aromatic carbocycles. The number of aliphatic hydroxyl groups is 1. The number of aliphatic hydroxyl groups excluding tert-OH is 1. The molecule has 30 heavy (non-hydrogen) atoms. The molecule has 2 aliphatic rings. The molecule has 0 atom stereocenters. The molecular formula is C22H25N5O3. The molecule has 1 aromatic heterocycles. The predicted octanol–water partition coefficient (Wildman–Crippen LogP) is 1.30. The van der Waals surface area contributed by atoms with Crippen LogP contribution in [-0.4, -0.2) is 44.7 Å². The summed E-state index contributed by atoms with van der Waals surface area (Å²) in [5.41, 5.74) is 14.1. The average molecular weight is 407 g/mol. The van der Waals surface area contributed by atoms with Gasteiger partial charge >= 0.3 is 0 Å². The van der Waals surface area contributed by atoms with Gasteiger partial charge in [0.15, 0.2) is 0 Å². The van der Waals surface area contributed by atoms with Crippen LogP contribution in [0.2, 0.25) is 0 Å². The van der Waals surface area contributed by atoms with Crippen LogP contribution in [0.25, 0.3) is 11.3 Å². The summed E-state index contributed by atoms with van der Waals surface area (Å²) in [5.74, 6) is 4.80. The Labute approximate surface area is 174 Å². The average Bonchev–Trinajstić information content (AvgIpc) is 3.29. The zero-order chi connectivity index (χ0) is 21.5. The number of nitrogen functional groups attached to an aromatic ring is 1. The highest BCUT2D eigenvalue weighted by Gasteiger charge is 2.51. The lowest BCUT2D eigenvalue weighted by atomic mass is 9.65. The first-order valence-electron chi connectivity index (χ1n) is 9.97. The van der Waals surface area contributed by atoms with Crippen molar-refractivity contribution >= 4 is 17.6 Å². The number of carbonyl (C=O) groups excluding carboxylic acids is 2. The maximum atomic E-state index is 12.1. The molecular weight excluding hydrogens is 382 g/mol. The lowest BCUT2D eigenvalue weighted by molar-refractivity contribution is -0.125. The third kappa shape index (κ3) is 3.31. The van der Waals surface area contributed by atoms with Crippen LogP contribution >= 0.6 is 0 Å². The number of amides is 2. The van der Waals surface area contributed by atoms with Crippen molar-refractivity contribution in [1.29, 1.82) is 0 Å². The van der Waals surface area contributed by atoms with E-state index in [4.69, 9.17) is 11.5 Å². The summed E-state index contributed by atoms with van der Waals surface area (Å²) in [7, 11) is 0. The molecule has 0 unspecified atom stereocenters. The molecule has 0 bridgehead atoms. The molecule has 2 aromatic rings. The fourth-order valence-electron chi connectivity index (χ4n) is 4.68. The smallest absolute Gasteiger partial charge is 0.298 e. The van der Waals surface area contributed by atoms with E-state index in [1.165, 1.54) is 0 Å². The lowest BCUT2D eigenvalue weighted by Gasteiger charge is -2.45. The monoisotopic (exact) mass is 407 g/mol. The number of anilines is 1. The molecule has 8 nitrogen and oxygen atoms in total. The van der Waals surface area contributed by atoms with Crippen molar-refractivity contribution in [2.75, 3.05) is 18.8 Å². The van der Waals surface area contributed by atoms with Crippen molar-refractivity contribution < 1.29 is 14.7 Å². The minimum Gasteiger partial charge on any atom is -0.392 e. The van der Waals surface area contributed by atoms with Gasteiger partial charge in [-0.1, -0.05) is 30.2 Å². The second-order valence-corrected chi connectivity index (χ2v) is 8.19. The number of benzene rings is 1. The molecule has 0 radical (unpaired) electrons. The van der Waals surface area contributed by atoms with Crippen molar-refractivity contribution in [1.82, 2.24) is 14.7 Å². The van der Waals surface area contributed by atoms with Gasteiger partial charge in [-0.2, -0.15) is 5.10 Å². The van der Waals surface area contributed by atoms with E-state index in [2.05, 4.69) is 16.9 Å². The summed E-state index contributed by atoms with van der Waals surface area (Å²) in [6, 6.07) is 7.19. The summed E-state index contributed by atoms with van der Waals surface area (Å²) in [4.78, 5) is 26.0. The quantitative estimate of drug-likeness (QED) is 0.658. The van der Waals surface area contributed by atoms with Gasteiger partial charge in [0, 0.05) is 18.7 Å². The fourth-order valence-corrected chi connectivity index (χ4v) is 4.68. The van der Waals surface area contributed by atoms with Crippen LogP contribution in [0, 0.1) is 17.3 Å². The van der Waals surface area contributed by atoms with Crippen molar-refractivity contribution in [2.45, 2.75) is 38.8 Å². The normalized spacial score (nSPS) is 22.5. The number of rotatable bonds is 4. The fraction of sp³-hybridized carbons (Fsp3) is 0.409. The number of nitrogens with zero attached hydrogens (tertiary/aromatic N) is 3. The van der Waals surface area contributed by atoms with Crippen LogP contribution in [0.4, 0.5) is 5.82 Å². The molecule has 1 aliphatic heterocycles. The number of aromatic nitrogens is 2. The van der Waals surface area contributed by atoms with E-state index < -0.39 is 5.91 Å². The van der Waals surface area contributed by atoms with Gasteiger partial charge < -0.3 is 21.5 Å². The zero-order valence-electron chi connectivity index (χ0n) is 16.9. The van der Waals surface area contributed by atoms with Crippen molar-refractivity contribution in [3.05, 3.63) is 35.4 Å². The number of likely N-dealkylation sites (tertiary alicyclic amines) is 1. The Morgan fingerprint density at radius 2 is 2.00 bits per heavy atom. The number of carbonyl (C=O) groups is 2. The zero-order valence-corrected chi connectivity index (χ0v) is 16.9. The molecule has 1 spiro atoms. The summed E-state index contributed by atoms with van der Waals surface area (Å²) < 4.78 is 1.71. The third-order valence-corrected chi connectivity index (χ3v) is 6.24. The molecule has 2 heterocycles. The first-order chi connectivity index (χ1) is 14.4. The number of hydrogen-bond donors (Lipinski definition) is 3. The van der Waals surface area contributed by atoms with E-state index in [0.29, 0.717) is 18.8 Å². The first kappa shape index (κ1) is 20.0. The first-order valence-corrected chi connectivity index (χ1v) is 9.97. The molecule has 8 heteroatoms. The summed E-state index contributed by atoms with van der Waals surface area (Å²) in [5, 5.41) is 13.9. The van der Waals surface area contributed by atoms with Crippen molar-refractivity contribution in [3.63, 3.8) is 0 Å². The maximum Gasteiger partial charge on any atom is 0.298 e. The Bertz CT molecular complexity index is 1050. The largest absolute Gasteiger partial charge is 0.392 e. The standard InChI is InChI=1S/C22H25N5O3/c1-2-3-17(29)26-9-8-22(13-26)10-16(11-22)27-20(23)18(21(24)30)19(25-27)15-6-4-14(12-28)5-7-15/h4-7,16,28H,8-13,23H2,1H3,(H2,24,30)/t16-,22-. The van der Waals surface area contributed by atoms with Crippen LogP contribution < -0.4 is 11.5 Å². The Hall–Kier alpha value is -3.31. The second kappa shape index (κ2) is 7.50. The Morgan fingerprint density at radius 3 is 2.60 bits per heavy atom. The van der Waals surface area contributed by atoms with Gasteiger partial charge in [-0.05, 0) is 43.1 Å². The number of nitrogens with two attached hydrogens (primary N) is 2. The molecule has 2 amide bonds. The van der Waals surface area contributed by atoms with Gasteiger partial charge in [-0.25, -0.2) is 4.68 Å². The van der Waals surface area contributed by atoms with Gasteiger partial charge in [-0.15, -0.1) is 0 Å². The van der Waals surface area contributed by atoms with Crippen LogP contribution in [0.5, 0.6) is 0 Å². The van der Waals surface area contributed by atoms with Gasteiger partial charge in [0.25, 0.3) is 11.8 Å². The van der Waals surface area contributed by atoms with Crippen molar-refractivity contribution in [3.8, 4) is 23.1 Å². The number of primary amides is 1. The van der Waals surface area contributed by atoms with E-state index in [0.717, 1.165) is 30.4 Å². The Balaban J connectivity index is 1.57. The molecule has 2 fully saturated rings. The van der Waals surface area contributed by atoms with Crippen LogP contribution in [-0.2, 0) is 11.4 Å². The van der Waals surface area contributed by atoms with E-state index in [9.17, 15) is 14.7 Å². The maximum absolute atomic E-state index is 12.1. The topological polar surface area (TPSA) is 127 Å². The molecule has 1 aliphatic carbocycles. The molecule has 4 rings (SSSR count).